The largest absolute Gasteiger partial charge is 0.483 e. The molecule has 1 aromatic carbocycles. The zero-order chi connectivity index (χ0) is 22.1. The summed E-state index contributed by atoms with van der Waals surface area (Å²) in [5.41, 5.74) is -1.93. The Morgan fingerprint density at radius 1 is 1.06 bits per heavy atom. The third-order valence-electron chi connectivity index (χ3n) is 7.72. The van der Waals surface area contributed by atoms with E-state index in [4.69, 9.17) is 4.74 Å². The van der Waals surface area contributed by atoms with Gasteiger partial charge in [-0.25, -0.2) is 10.0 Å². The highest BCUT2D eigenvalue weighted by Gasteiger charge is 2.62. The van der Waals surface area contributed by atoms with E-state index in [0.717, 1.165) is 43.6 Å². The highest BCUT2D eigenvalue weighted by atomic mass is 19.4. The summed E-state index contributed by atoms with van der Waals surface area (Å²) in [6.45, 7) is 2.82. The van der Waals surface area contributed by atoms with Crippen LogP contribution in [0, 0.1) is 23.7 Å². The van der Waals surface area contributed by atoms with Crippen LogP contribution in [0.3, 0.4) is 0 Å². The topological polar surface area (TPSA) is 49.9 Å². The second-order valence-electron chi connectivity index (χ2n) is 10.1. The molecule has 0 atom stereocenters. The number of hydrogen-bond donors (Lipinski definition) is 0. The maximum absolute atomic E-state index is 13.2. The number of nitrogens with zero attached hydrogens (tertiary/aromatic N) is 2. The van der Waals surface area contributed by atoms with Gasteiger partial charge in [-0.1, -0.05) is 12.1 Å². The number of para-hydroxylation sites is 1. The molecule has 1 aliphatic heterocycles. The van der Waals surface area contributed by atoms with Crippen molar-refractivity contribution in [3.8, 4) is 5.75 Å². The van der Waals surface area contributed by atoms with E-state index < -0.39 is 29.8 Å². The van der Waals surface area contributed by atoms with Crippen LogP contribution in [0.2, 0.25) is 0 Å². The molecule has 4 saturated carbocycles. The lowest BCUT2D eigenvalue weighted by Crippen LogP contribution is -2.81. The van der Waals surface area contributed by atoms with Gasteiger partial charge in [0.15, 0.2) is 6.61 Å². The second kappa shape index (κ2) is 6.87. The number of halogens is 3. The predicted molar refractivity (Wildman–Crippen MR) is 106 cm³/mol. The molecule has 1 heterocycles. The average molecular weight is 436 g/mol. The maximum atomic E-state index is 13.2. The zero-order valence-corrected chi connectivity index (χ0v) is 17.7. The number of carbonyl (C=O) groups is 2. The van der Waals surface area contributed by atoms with Crippen molar-refractivity contribution < 1.29 is 27.5 Å². The number of amides is 2. The van der Waals surface area contributed by atoms with Gasteiger partial charge in [-0.05, 0) is 81.8 Å². The van der Waals surface area contributed by atoms with E-state index in [1.165, 1.54) is 29.6 Å². The molecule has 2 amide bonds. The van der Waals surface area contributed by atoms with Crippen LogP contribution in [-0.4, -0.2) is 40.0 Å². The van der Waals surface area contributed by atoms with Gasteiger partial charge in [0.1, 0.15) is 11.3 Å². The van der Waals surface area contributed by atoms with Crippen LogP contribution in [0.4, 0.5) is 13.2 Å². The standard InChI is InChI=1S/C23H27F3N2O3/c1-22(2)21(30)27(20-15-8-13-7-14(10-15)11-16(20)9-13)28(22)19(29)12-31-18-6-4-3-5-17(18)23(24,25)26/h3-6,13-16,20H,7-12H2,1-2H3. The van der Waals surface area contributed by atoms with Crippen LogP contribution in [-0.2, 0) is 15.8 Å². The van der Waals surface area contributed by atoms with E-state index in [0.29, 0.717) is 11.8 Å². The van der Waals surface area contributed by atoms with Crippen LogP contribution in [0.5, 0.6) is 5.75 Å². The van der Waals surface area contributed by atoms with Crippen LogP contribution < -0.4 is 4.74 Å². The molecule has 4 bridgehead atoms. The molecule has 8 heteroatoms. The molecule has 0 unspecified atom stereocenters. The third-order valence-corrected chi connectivity index (χ3v) is 7.72. The van der Waals surface area contributed by atoms with Gasteiger partial charge in [-0.2, -0.15) is 13.2 Å². The summed E-state index contributed by atoms with van der Waals surface area (Å²) < 4.78 is 45.0. The normalized spacial score (nSPS) is 33.5. The summed E-state index contributed by atoms with van der Waals surface area (Å²) in [5, 5.41) is 3.06. The third kappa shape index (κ3) is 3.21. The van der Waals surface area contributed by atoms with Crippen molar-refractivity contribution in [1.82, 2.24) is 10.0 Å². The van der Waals surface area contributed by atoms with Crippen molar-refractivity contribution in [2.24, 2.45) is 23.7 Å². The van der Waals surface area contributed by atoms with Gasteiger partial charge in [0.2, 0.25) is 0 Å². The van der Waals surface area contributed by atoms with Gasteiger partial charge in [-0.3, -0.25) is 9.59 Å². The van der Waals surface area contributed by atoms with Crippen molar-refractivity contribution in [2.45, 2.75) is 63.7 Å². The fourth-order valence-corrected chi connectivity index (χ4v) is 6.71. The Bertz CT molecular complexity index is 886. The lowest BCUT2D eigenvalue weighted by molar-refractivity contribution is -0.244. The van der Waals surface area contributed by atoms with Crippen LogP contribution in [0.1, 0.15) is 51.5 Å². The number of alkyl halides is 3. The number of carbonyl (C=O) groups excluding carboxylic acids is 2. The number of benzene rings is 1. The lowest BCUT2D eigenvalue weighted by Gasteiger charge is -2.64. The fraction of sp³-hybridized carbons (Fsp3) is 0.652. The number of rotatable bonds is 4. The van der Waals surface area contributed by atoms with Gasteiger partial charge in [0.25, 0.3) is 11.8 Å². The molecule has 4 aliphatic carbocycles. The monoisotopic (exact) mass is 436 g/mol. The van der Waals surface area contributed by atoms with Crippen LogP contribution >= 0.6 is 0 Å². The summed E-state index contributed by atoms with van der Waals surface area (Å²) in [4.78, 5) is 26.1. The minimum atomic E-state index is -4.57. The predicted octanol–water partition coefficient (Wildman–Crippen LogP) is 4.27. The molecule has 0 spiro atoms. The zero-order valence-electron chi connectivity index (χ0n) is 17.7. The van der Waals surface area contributed by atoms with E-state index in [9.17, 15) is 22.8 Å². The summed E-state index contributed by atoms with van der Waals surface area (Å²) in [5.74, 6) is 1.31. The van der Waals surface area contributed by atoms with Gasteiger partial charge >= 0.3 is 6.18 Å². The first-order valence-corrected chi connectivity index (χ1v) is 11.0. The first-order valence-electron chi connectivity index (χ1n) is 11.0. The molecule has 168 valence electrons. The first-order chi connectivity index (χ1) is 14.6. The summed E-state index contributed by atoms with van der Waals surface area (Å²) >= 11 is 0. The molecule has 0 radical (unpaired) electrons. The van der Waals surface area contributed by atoms with Gasteiger partial charge in [0, 0.05) is 0 Å². The number of ether oxygens (including phenoxy) is 1. The minimum Gasteiger partial charge on any atom is -0.483 e. The molecule has 31 heavy (non-hydrogen) atoms. The Morgan fingerprint density at radius 3 is 2.23 bits per heavy atom. The van der Waals surface area contributed by atoms with E-state index in [1.54, 1.807) is 18.9 Å². The van der Waals surface area contributed by atoms with E-state index in [-0.39, 0.29) is 17.7 Å². The van der Waals surface area contributed by atoms with E-state index in [2.05, 4.69) is 0 Å². The fourth-order valence-electron chi connectivity index (χ4n) is 6.71. The molecule has 1 aromatic rings. The Kier molecular flexibility index (Phi) is 4.58. The molecular weight excluding hydrogens is 409 g/mol. The molecule has 1 saturated heterocycles. The average Bonchev–Trinajstić information content (AvgIpc) is 2.69. The molecular formula is C23H27F3N2O3. The quantitative estimate of drug-likeness (QED) is 0.708. The lowest BCUT2D eigenvalue weighted by atomic mass is 9.53. The van der Waals surface area contributed by atoms with Gasteiger partial charge in [0.05, 0.1) is 11.6 Å². The smallest absolute Gasteiger partial charge is 0.419 e. The number of hydrazine groups is 1. The Balaban J connectivity index is 1.34. The SMILES string of the molecule is CC1(C)C(=O)N(C2C3CC4CC(C3)CC2C4)N1C(=O)COc1ccccc1C(F)(F)F. The molecule has 0 aromatic heterocycles. The molecule has 6 rings (SSSR count). The summed E-state index contributed by atoms with van der Waals surface area (Å²) in [6, 6.07) is 4.87. The second-order valence-corrected chi connectivity index (χ2v) is 10.1. The minimum absolute atomic E-state index is 0.0136. The summed E-state index contributed by atoms with van der Waals surface area (Å²) in [6.07, 6.45) is 1.10. The van der Waals surface area contributed by atoms with E-state index >= 15 is 0 Å². The van der Waals surface area contributed by atoms with Crippen LogP contribution in [0.25, 0.3) is 0 Å². The van der Waals surface area contributed by atoms with Crippen LogP contribution in [0.15, 0.2) is 24.3 Å². The Morgan fingerprint density at radius 2 is 1.65 bits per heavy atom. The van der Waals surface area contributed by atoms with Crippen molar-refractivity contribution >= 4 is 11.8 Å². The number of hydrogen-bond acceptors (Lipinski definition) is 3. The van der Waals surface area contributed by atoms with Crippen molar-refractivity contribution in [1.29, 1.82) is 0 Å². The molecule has 5 aliphatic rings. The van der Waals surface area contributed by atoms with Crippen molar-refractivity contribution in [2.75, 3.05) is 6.61 Å². The maximum Gasteiger partial charge on any atom is 0.419 e. The molecule has 0 N–H and O–H groups in total. The Labute approximate surface area is 179 Å². The molecule has 5 fully saturated rings. The summed E-state index contributed by atoms with van der Waals surface area (Å²) in [7, 11) is 0. The first kappa shape index (κ1) is 20.6. The van der Waals surface area contributed by atoms with Gasteiger partial charge in [-0.15, -0.1) is 0 Å². The van der Waals surface area contributed by atoms with Gasteiger partial charge < -0.3 is 4.74 Å². The molecule has 5 nitrogen and oxygen atoms in total. The van der Waals surface area contributed by atoms with Crippen molar-refractivity contribution in [3.63, 3.8) is 0 Å². The van der Waals surface area contributed by atoms with E-state index in [1.807, 2.05) is 0 Å². The highest BCUT2D eigenvalue weighted by molar-refractivity contribution is 5.98. The van der Waals surface area contributed by atoms with Crippen molar-refractivity contribution in [3.05, 3.63) is 29.8 Å². The Hall–Kier alpha value is -2.25. The highest BCUT2D eigenvalue weighted by Crippen LogP contribution is 2.57.